The number of carbonyl (C=O) groups is 2. The fraction of sp³-hybridized carbons (Fsp3) is 0.600. The van der Waals surface area contributed by atoms with E-state index in [1.807, 2.05) is 49.7 Å². The molecule has 1 atom stereocenters. The molecule has 2 N–H and O–H groups in total. The summed E-state index contributed by atoms with van der Waals surface area (Å²) >= 11 is 1.51. The zero-order valence-electron chi connectivity index (χ0n) is 19.6. The number of amides is 2. The minimum absolute atomic E-state index is 0.00797. The minimum atomic E-state index is -0.543. The van der Waals surface area contributed by atoms with Crippen LogP contribution in [-0.4, -0.2) is 32.6 Å². The van der Waals surface area contributed by atoms with Gasteiger partial charge in [0.2, 0.25) is 11.8 Å². The maximum absolute atomic E-state index is 13.5. The lowest BCUT2D eigenvalue weighted by Gasteiger charge is -2.55. The van der Waals surface area contributed by atoms with E-state index in [-0.39, 0.29) is 23.1 Å². The van der Waals surface area contributed by atoms with Crippen molar-refractivity contribution in [2.75, 3.05) is 5.32 Å². The first-order valence-corrected chi connectivity index (χ1v) is 12.9. The maximum atomic E-state index is 13.5. The highest BCUT2D eigenvalue weighted by molar-refractivity contribution is 7.99. The summed E-state index contributed by atoms with van der Waals surface area (Å²) in [5.41, 5.74) is 0.470. The molecular formula is C25H33N5O2S. The van der Waals surface area contributed by atoms with Crippen molar-refractivity contribution in [3.63, 3.8) is 0 Å². The predicted octanol–water partition coefficient (Wildman–Crippen LogP) is 4.26. The Morgan fingerprint density at radius 3 is 2.18 bits per heavy atom. The standard InChI is InChI=1S/C25H33N5O2S/c1-15(2)21(28-23(32)25-11-16-8-17(12-25)10-18(9-16)13-25)22(31)27-19-4-6-20(7-5-19)33-24-29-26-14-30(24)3/h4-7,14-18,21H,8-13H2,1-3H3,(H,27,31)(H,28,32). The van der Waals surface area contributed by atoms with Crippen LogP contribution in [0.25, 0.3) is 0 Å². The zero-order valence-corrected chi connectivity index (χ0v) is 20.4. The average molecular weight is 468 g/mol. The summed E-state index contributed by atoms with van der Waals surface area (Å²) < 4.78 is 1.86. The van der Waals surface area contributed by atoms with Crippen molar-refractivity contribution in [2.45, 2.75) is 68.5 Å². The van der Waals surface area contributed by atoms with Gasteiger partial charge in [-0.3, -0.25) is 9.59 Å². The molecule has 1 aromatic heterocycles. The quantitative estimate of drug-likeness (QED) is 0.635. The highest BCUT2D eigenvalue weighted by atomic mass is 32.2. The van der Waals surface area contributed by atoms with E-state index in [0.29, 0.717) is 17.8 Å². The molecular weight excluding hydrogens is 434 g/mol. The Balaban J connectivity index is 1.23. The Morgan fingerprint density at radius 2 is 1.67 bits per heavy atom. The molecule has 1 heterocycles. The van der Waals surface area contributed by atoms with Gasteiger partial charge in [-0.15, -0.1) is 10.2 Å². The molecule has 1 aromatic carbocycles. The largest absolute Gasteiger partial charge is 0.344 e. The first-order valence-electron chi connectivity index (χ1n) is 12.0. The second-order valence-corrected chi connectivity index (χ2v) is 11.8. The van der Waals surface area contributed by atoms with Crippen molar-refractivity contribution in [3.05, 3.63) is 30.6 Å². The third-order valence-corrected chi connectivity index (χ3v) is 8.82. The predicted molar refractivity (Wildman–Crippen MR) is 128 cm³/mol. The van der Waals surface area contributed by atoms with Crippen LogP contribution in [-0.2, 0) is 16.6 Å². The summed E-state index contributed by atoms with van der Waals surface area (Å²) in [5, 5.41) is 15.0. The lowest BCUT2D eigenvalue weighted by atomic mass is 9.49. The normalized spacial score (nSPS) is 28.7. The number of hydrogen-bond donors (Lipinski definition) is 2. The lowest BCUT2D eigenvalue weighted by molar-refractivity contribution is -0.148. The Kier molecular flexibility index (Phi) is 5.97. The molecule has 33 heavy (non-hydrogen) atoms. The van der Waals surface area contributed by atoms with Crippen LogP contribution in [0.4, 0.5) is 5.69 Å². The third kappa shape index (κ3) is 4.54. The van der Waals surface area contributed by atoms with E-state index < -0.39 is 6.04 Å². The van der Waals surface area contributed by atoms with Gasteiger partial charge in [-0.2, -0.15) is 0 Å². The van der Waals surface area contributed by atoms with Crippen molar-refractivity contribution < 1.29 is 9.59 Å². The molecule has 7 nitrogen and oxygen atoms in total. The van der Waals surface area contributed by atoms with Crippen LogP contribution < -0.4 is 10.6 Å². The Morgan fingerprint density at radius 1 is 1.06 bits per heavy atom. The first-order chi connectivity index (χ1) is 15.8. The Bertz CT molecular complexity index is 996. The van der Waals surface area contributed by atoms with E-state index >= 15 is 0 Å². The van der Waals surface area contributed by atoms with Crippen LogP contribution in [0.2, 0.25) is 0 Å². The monoisotopic (exact) mass is 467 g/mol. The van der Waals surface area contributed by atoms with E-state index in [0.717, 1.165) is 35.0 Å². The van der Waals surface area contributed by atoms with Gasteiger partial charge in [0.15, 0.2) is 5.16 Å². The van der Waals surface area contributed by atoms with Crippen molar-refractivity contribution >= 4 is 29.3 Å². The number of nitrogens with one attached hydrogen (secondary N) is 2. The van der Waals surface area contributed by atoms with Gasteiger partial charge in [0.1, 0.15) is 12.4 Å². The van der Waals surface area contributed by atoms with E-state index in [9.17, 15) is 9.59 Å². The molecule has 4 saturated carbocycles. The number of anilines is 1. The molecule has 1 unspecified atom stereocenters. The van der Waals surface area contributed by atoms with Crippen LogP contribution in [0.1, 0.15) is 52.4 Å². The molecule has 2 amide bonds. The van der Waals surface area contributed by atoms with Crippen LogP contribution in [0.15, 0.2) is 40.6 Å². The fourth-order valence-corrected chi connectivity index (χ4v) is 7.28. The van der Waals surface area contributed by atoms with E-state index in [1.165, 1.54) is 31.0 Å². The number of hydrogen-bond acceptors (Lipinski definition) is 5. The zero-order chi connectivity index (χ0) is 23.2. The van der Waals surface area contributed by atoms with Crippen LogP contribution >= 0.6 is 11.8 Å². The molecule has 4 aliphatic carbocycles. The minimum Gasteiger partial charge on any atom is -0.344 e. The van der Waals surface area contributed by atoms with Crippen LogP contribution in [0.5, 0.6) is 0 Å². The van der Waals surface area contributed by atoms with Crippen molar-refractivity contribution in [2.24, 2.45) is 36.1 Å². The first kappa shape index (κ1) is 22.4. The number of rotatable bonds is 7. The highest BCUT2D eigenvalue weighted by Crippen LogP contribution is 2.60. The molecule has 0 radical (unpaired) electrons. The smallest absolute Gasteiger partial charge is 0.247 e. The Labute approximate surface area is 199 Å². The van der Waals surface area contributed by atoms with Gasteiger partial charge < -0.3 is 15.2 Å². The summed E-state index contributed by atoms with van der Waals surface area (Å²) in [4.78, 5) is 27.6. The van der Waals surface area contributed by atoms with Gasteiger partial charge in [-0.25, -0.2) is 0 Å². The van der Waals surface area contributed by atoms with Crippen molar-refractivity contribution in [1.29, 1.82) is 0 Å². The SMILES string of the molecule is CC(C)C(NC(=O)C12CC3CC(CC(C3)C1)C2)C(=O)Nc1ccc(Sc2nncn2C)cc1. The van der Waals surface area contributed by atoms with E-state index in [2.05, 4.69) is 20.8 Å². The van der Waals surface area contributed by atoms with Gasteiger partial charge in [0.25, 0.3) is 0 Å². The lowest BCUT2D eigenvalue weighted by Crippen LogP contribution is -2.57. The van der Waals surface area contributed by atoms with Gasteiger partial charge in [-0.1, -0.05) is 13.8 Å². The average Bonchev–Trinajstić information content (AvgIpc) is 3.16. The molecule has 176 valence electrons. The van der Waals surface area contributed by atoms with Gasteiger partial charge in [-0.05, 0) is 98.2 Å². The van der Waals surface area contributed by atoms with Gasteiger partial charge in [0, 0.05) is 23.0 Å². The summed E-state index contributed by atoms with van der Waals surface area (Å²) in [7, 11) is 1.90. The van der Waals surface area contributed by atoms with E-state index in [1.54, 1.807) is 6.33 Å². The van der Waals surface area contributed by atoms with Crippen LogP contribution in [0, 0.1) is 29.1 Å². The number of nitrogens with zero attached hydrogens (tertiary/aromatic N) is 3. The fourth-order valence-electron chi connectivity index (χ4n) is 6.51. The summed E-state index contributed by atoms with van der Waals surface area (Å²) in [6.45, 7) is 3.98. The molecule has 6 rings (SSSR count). The number of carbonyl (C=O) groups excluding carboxylic acids is 2. The molecule has 4 bridgehead atoms. The molecule has 4 fully saturated rings. The molecule has 0 aliphatic heterocycles. The second kappa shape index (κ2) is 8.78. The molecule has 8 heteroatoms. The third-order valence-electron chi connectivity index (χ3n) is 7.76. The topological polar surface area (TPSA) is 88.9 Å². The van der Waals surface area contributed by atoms with E-state index in [4.69, 9.17) is 0 Å². The van der Waals surface area contributed by atoms with Crippen molar-refractivity contribution in [3.8, 4) is 0 Å². The Hall–Kier alpha value is -2.35. The van der Waals surface area contributed by atoms with Crippen LogP contribution in [0.3, 0.4) is 0 Å². The van der Waals surface area contributed by atoms with Gasteiger partial charge >= 0.3 is 0 Å². The van der Waals surface area contributed by atoms with Crippen molar-refractivity contribution in [1.82, 2.24) is 20.1 Å². The number of aryl methyl sites for hydroxylation is 1. The van der Waals surface area contributed by atoms with Gasteiger partial charge in [0.05, 0.1) is 0 Å². The maximum Gasteiger partial charge on any atom is 0.247 e. The molecule has 0 spiro atoms. The summed E-state index contributed by atoms with van der Waals surface area (Å²) in [6.07, 6.45) is 8.56. The highest BCUT2D eigenvalue weighted by Gasteiger charge is 2.55. The second-order valence-electron chi connectivity index (χ2n) is 10.7. The summed E-state index contributed by atoms with van der Waals surface area (Å²) in [6, 6.07) is 7.13. The molecule has 2 aromatic rings. The molecule has 0 saturated heterocycles. The summed E-state index contributed by atoms with van der Waals surface area (Å²) in [5.74, 6) is 2.06. The molecule has 4 aliphatic rings. The number of benzene rings is 1. The number of aromatic nitrogens is 3.